The Balaban J connectivity index is 1.89. The van der Waals surface area contributed by atoms with Gasteiger partial charge in [0.25, 0.3) is 0 Å². The lowest BCUT2D eigenvalue weighted by Crippen LogP contribution is -2.40. The minimum Gasteiger partial charge on any atom is -0.460 e. The van der Waals surface area contributed by atoms with E-state index in [0.717, 1.165) is 24.6 Å². The molecule has 1 fully saturated rings. The summed E-state index contributed by atoms with van der Waals surface area (Å²) in [6, 6.07) is 0. The van der Waals surface area contributed by atoms with E-state index >= 15 is 0 Å². The number of aliphatic imine (C=N–C) groups is 1. The fourth-order valence-corrected chi connectivity index (χ4v) is 3.23. The summed E-state index contributed by atoms with van der Waals surface area (Å²) in [6.45, 7) is 9.86. The van der Waals surface area contributed by atoms with Crippen molar-refractivity contribution < 1.29 is 9.53 Å². The third-order valence-corrected chi connectivity index (χ3v) is 4.63. The molecule has 1 aromatic rings. The summed E-state index contributed by atoms with van der Waals surface area (Å²) in [5, 5.41) is 3.36. The molecule has 1 aliphatic heterocycles. The number of thiazole rings is 1. The molecule has 128 valence electrons. The maximum atomic E-state index is 12.2. The van der Waals surface area contributed by atoms with Crippen molar-refractivity contribution >= 4 is 23.3 Å². The number of aromatic nitrogens is 1. The first kappa shape index (κ1) is 17.7. The van der Waals surface area contributed by atoms with Gasteiger partial charge in [-0.05, 0) is 34.1 Å². The van der Waals surface area contributed by atoms with Crippen LogP contribution in [0.5, 0.6) is 0 Å². The largest absolute Gasteiger partial charge is 0.460 e. The fourth-order valence-electron chi connectivity index (χ4n) is 2.52. The lowest BCUT2D eigenvalue weighted by molar-refractivity contribution is -0.159. The molecular formula is C16H26N4O2S. The van der Waals surface area contributed by atoms with Gasteiger partial charge < -0.3 is 15.0 Å². The second-order valence-corrected chi connectivity index (χ2v) is 7.67. The Morgan fingerprint density at radius 3 is 2.87 bits per heavy atom. The van der Waals surface area contributed by atoms with E-state index in [1.165, 1.54) is 4.88 Å². The van der Waals surface area contributed by atoms with Crippen LogP contribution in [0.3, 0.4) is 0 Å². The van der Waals surface area contributed by atoms with Crippen molar-refractivity contribution in [3.63, 3.8) is 0 Å². The quantitative estimate of drug-likeness (QED) is 0.520. The van der Waals surface area contributed by atoms with E-state index in [1.807, 2.05) is 33.2 Å². The molecule has 7 heteroatoms. The highest BCUT2D eigenvalue weighted by atomic mass is 32.1. The van der Waals surface area contributed by atoms with Gasteiger partial charge >= 0.3 is 5.97 Å². The van der Waals surface area contributed by atoms with Gasteiger partial charge in [0.05, 0.1) is 23.7 Å². The molecule has 2 heterocycles. The molecule has 0 aromatic carbocycles. The van der Waals surface area contributed by atoms with E-state index in [2.05, 4.69) is 20.2 Å². The Morgan fingerprint density at radius 1 is 1.57 bits per heavy atom. The maximum Gasteiger partial charge on any atom is 0.311 e. The highest BCUT2D eigenvalue weighted by Gasteiger charge is 2.33. The average Bonchev–Trinajstić information content (AvgIpc) is 3.08. The molecule has 0 spiro atoms. The molecular weight excluding hydrogens is 312 g/mol. The predicted octanol–water partition coefficient (Wildman–Crippen LogP) is 2.19. The second-order valence-electron chi connectivity index (χ2n) is 6.73. The zero-order chi connectivity index (χ0) is 17.0. The summed E-state index contributed by atoms with van der Waals surface area (Å²) in [4.78, 5) is 24.1. The van der Waals surface area contributed by atoms with Crippen LogP contribution in [0.2, 0.25) is 0 Å². The van der Waals surface area contributed by atoms with E-state index in [-0.39, 0.29) is 11.9 Å². The summed E-state index contributed by atoms with van der Waals surface area (Å²) in [6.07, 6.45) is 0.801. The number of rotatable bonds is 3. The van der Waals surface area contributed by atoms with E-state index in [4.69, 9.17) is 4.74 Å². The molecule has 23 heavy (non-hydrogen) atoms. The summed E-state index contributed by atoms with van der Waals surface area (Å²) in [5.41, 5.74) is 2.46. The normalized spacial score (nSPS) is 19.1. The molecule has 0 aliphatic carbocycles. The maximum absolute atomic E-state index is 12.2. The number of nitrogens with zero attached hydrogens (tertiary/aromatic N) is 3. The highest BCUT2D eigenvalue weighted by molar-refractivity contribution is 7.09. The van der Waals surface area contributed by atoms with Crippen LogP contribution in [0.4, 0.5) is 0 Å². The third-order valence-electron chi connectivity index (χ3n) is 3.69. The number of ether oxygens (including phenoxy) is 1. The molecule has 1 N–H and O–H groups in total. The van der Waals surface area contributed by atoms with Gasteiger partial charge in [-0.3, -0.25) is 9.79 Å². The first-order valence-corrected chi connectivity index (χ1v) is 8.75. The fraction of sp³-hybridized carbons (Fsp3) is 0.688. The minimum atomic E-state index is -0.436. The van der Waals surface area contributed by atoms with Crippen LogP contribution < -0.4 is 5.32 Å². The topological polar surface area (TPSA) is 66.8 Å². The number of nitrogens with one attached hydrogen (secondary N) is 1. The molecule has 1 unspecified atom stereocenters. The number of hydrogen-bond acceptors (Lipinski definition) is 5. The van der Waals surface area contributed by atoms with Crippen LogP contribution in [-0.2, 0) is 16.1 Å². The Labute approximate surface area is 142 Å². The second kappa shape index (κ2) is 7.29. The van der Waals surface area contributed by atoms with E-state index in [9.17, 15) is 4.79 Å². The summed E-state index contributed by atoms with van der Waals surface area (Å²) < 4.78 is 5.49. The third kappa shape index (κ3) is 4.92. The van der Waals surface area contributed by atoms with Crippen LogP contribution in [0.1, 0.15) is 37.8 Å². The van der Waals surface area contributed by atoms with Gasteiger partial charge in [-0.25, -0.2) is 4.98 Å². The lowest BCUT2D eigenvalue weighted by atomic mass is 10.1. The van der Waals surface area contributed by atoms with Crippen LogP contribution in [-0.4, -0.2) is 47.6 Å². The van der Waals surface area contributed by atoms with Gasteiger partial charge in [-0.1, -0.05) is 0 Å². The molecule has 1 aromatic heterocycles. The van der Waals surface area contributed by atoms with Crippen molar-refractivity contribution in [3.8, 4) is 0 Å². The van der Waals surface area contributed by atoms with E-state index < -0.39 is 5.60 Å². The highest BCUT2D eigenvalue weighted by Crippen LogP contribution is 2.21. The number of guanidine groups is 1. The molecule has 0 radical (unpaired) electrons. The molecule has 1 aliphatic rings. The number of likely N-dealkylation sites (tertiary alicyclic amines) is 1. The monoisotopic (exact) mass is 338 g/mol. The molecule has 1 atom stereocenters. The van der Waals surface area contributed by atoms with E-state index in [1.54, 1.807) is 18.4 Å². The van der Waals surface area contributed by atoms with Gasteiger partial charge in [0.15, 0.2) is 5.96 Å². The van der Waals surface area contributed by atoms with Crippen molar-refractivity contribution in [2.45, 2.75) is 46.3 Å². The Morgan fingerprint density at radius 2 is 2.30 bits per heavy atom. The molecule has 2 rings (SSSR count). The Hall–Kier alpha value is -1.63. The SMILES string of the molecule is CN=C(NCc1scnc1C)N1CCC(C(=O)OC(C)(C)C)C1. The van der Waals surface area contributed by atoms with Gasteiger partial charge in [0, 0.05) is 25.0 Å². The van der Waals surface area contributed by atoms with E-state index in [0.29, 0.717) is 13.1 Å². The van der Waals surface area contributed by atoms with Gasteiger partial charge in [0.1, 0.15) is 5.60 Å². The van der Waals surface area contributed by atoms with Gasteiger partial charge in [0.2, 0.25) is 0 Å². The first-order chi connectivity index (χ1) is 10.8. The van der Waals surface area contributed by atoms with Crippen molar-refractivity contribution in [3.05, 3.63) is 16.1 Å². The minimum absolute atomic E-state index is 0.0853. The Bertz CT molecular complexity index is 577. The number of esters is 1. The van der Waals surface area contributed by atoms with Crippen LogP contribution in [0, 0.1) is 12.8 Å². The van der Waals surface area contributed by atoms with Gasteiger partial charge in [-0.2, -0.15) is 0 Å². The summed E-state index contributed by atoms with van der Waals surface area (Å²) >= 11 is 1.64. The first-order valence-electron chi connectivity index (χ1n) is 7.87. The van der Waals surface area contributed by atoms with Crippen molar-refractivity contribution in [2.75, 3.05) is 20.1 Å². The Kier molecular flexibility index (Phi) is 5.62. The zero-order valence-electron chi connectivity index (χ0n) is 14.5. The number of hydrogen-bond donors (Lipinski definition) is 1. The van der Waals surface area contributed by atoms with Crippen molar-refractivity contribution in [1.82, 2.24) is 15.2 Å². The number of aryl methyl sites for hydroxylation is 1. The van der Waals surface area contributed by atoms with Gasteiger partial charge in [-0.15, -0.1) is 11.3 Å². The average molecular weight is 338 g/mol. The summed E-state index contributed by atoms with van der Waals surface area (Å²) in [5.74, 6) is 0.621. The smallest absolute Gasteiger partial charge is 0.311 e. The molecule has 0 bridgehead atoms. The molecule has 0 saturated carbocycles. The predicted molar refractivity (Wildman–Crippen MR) is 92.6 cm³/mol. The van der Waals surface area contributed by atoms with Crippen LogP contribution in [0.25, 0.3) is 0 Å². The molecule has 0 amide bonds. The zero-order valence-corrected chi connectivity index (χ0v) is 15.4. The van der Waals surface area contributed by atoms with Crippen molar-refractivity contribution in [1.29, 1.82) is 0 Å². The number of carbonyl (C=O) groups is 1. The standard InChI is InChI=1S/C16H26N4O2S/c1-11-13(23-10-19-11)8-18-15(17-5)20-7-6-12(9-20)14(21)22-16(2,3)4/h10,12H,6-9H2,1-5H3,(H,17,18). The number of carbonyl (C=O) groups excluding carboxylic acids is 1. The van der Waals surface area contributed by atoms with Crippen molar-refractivity contribution in [2.24, 2.45) is 10.9 Å². The molecule has 1 saturated heterocycles. The lowest BCUT2D eigenvalue weighted by Gasteiger charge is -2.23. The summed E-state index contributed by atoms with van der Waals surface area (Å²) in [7, 11) is 1.77. The van der Waals surface area contributed by atoms with Crippen LogP contribution >= 0.6 is 11.3 Å². The molecule has 6 nitrogen and oxygen atoms in total. The van der Waals surface area contributed by atoms with Crippen LogP contribution in [0.15, 0.2) is 10.5 Å².